The largest absolute Gasteiger partial charge is 0.481 e. The van der Waals surface area contributed by atoms with E-state index in [0.717, 1.165) is 0 Å². The summed E-state index contributed by atoms with van der Waals surface area (Å²) >= 11 is 5.81. The van der Waals surface area contributed by atoms with Crippen LogP contribution in [0, 0.1) is 11.8 Å². The van der Waals surface area contributed by atoms with Gasteiger partial charge in [0.05, 0.1) is 12.0 Å². The van der Waals surface area contributed by atoms with Crippen molar-refractivity contribution in [3.05, 3.63) is 34.9 Å². The first kappa shape index (κ1) is 13.0. The van der Waals surface area contributed by atoms with Crippen LogP contribution in [0.4, 0.5) is 0 Å². The molecule has 2 N–H and O–H groups in total. The number of aliphatic hydroxyl groups excluding tert-OH is 1. The molecular formula is C12H15ClO3. The minimum absolute atomic E-state index is 0.365. The highest BCUT2D eigenvalue weighted by atomic mass is 35.5. The van der Waals surface area contributed by atoms with E-state index in [-0.39, 0.29) is 5.92 Å². The van der Waals surface area contributed by atoms with Crippen molar-refractivity contribution in [1.29, 1.82) is 0 Å². The molecule has 0 aliphatic carbocycles. The average molecular weight is 243 g/mol. The second-order valence-electron chi connectivity index (χ2n) is 3.99. The Morgan fingerprint density at radius 3 is 2.50 bits per heavy atom. The van der Waals surface area contributed by atoms with E-state index in [9.17, 15) is 9.90 Å². The number of rotatable bonds is 4. The molecule has 0 aliphatic heterocycles. The Bertz CT molecular complexity index is 378. The highest BCUT2D eigenvalue weighted by Crippen LogP contribution is 2.29. The zero-order chi connectivity index (χ0) is 12.3. The lowest BCUT2D eigenvalue weighted by Crippen LogP contribution is -2.23. The Labute approximate surface area is 99.7 Å². The highest BCUT2D eigenvalue weighted by molar-refractivity contribution is 6.30. The summed E-state index contributed by atoms with van der Waals surface area (Å²) in [5, 5.41) is 19.4. The summed E-state index contributed by atoms with van der Waals surface area (Å²) in [6, 6.07) is 6.83. The quantitative estimate of drug-likeness (QED) is 0.854. The van der Waals surface area contributed by atoms with Gasteiger partial charge in [-0.3, -0.25) is 4.79 Å². The van der Waals surface area contributed by atoms with Crippen LogP contribution in [0.1, 0.15) is 25.5 Å². The number of halogens is 1. The standard InChI is InChI=1S/C12H15ClO3/c1-7(8(2)12(15)16)11(14)9-4-3-5-10(13)6-9/h3-8,11,14H,1-2H3,(H,15,16). The lowest BCUT2D eigenvalue weighted by Gasteiger charge is -2.22. The molecule has 0 aromatic heterocycles. The van der Waals surface area contributed by atoms with Gasteiger partial charge in [0.25, 0.3) is 0 Å². The third-order valence-electron chi connectivity index (χ3n) is 2.87. The number of benzene rings is 1. The van der Waals surface area contributed by atoms with Gasteiger partial charge in [0.2, 0.25) is 0 Å². The minimum atomic E-state index is -0.909. The summed E-state index contributed by atoms with van der Waals surface area (Å²) in [6.45, 7) is 3.30. The molecule has 0 fully saturated rings. The first-order valence-electron chi connectivity index (χ1n) is 5.09. The number of carboxylic acid groups (broad SMARTS) is 1. The summed E-state index contributed by atoms with van der Waals surface area (Å²) in [5.41, 5.74) is 0.646. The minimum Gasteiger partial charge on any atom is -0.481 e. The number of carboxylic acids is 1. The predicted molar refractivity (Wildman–Crippen MR) is 62.4 cm³/mol. The van der Waals surface area contributed by atoms with Gasteiger partial charge in [-0.1, -0.05) is 37.6 Å². The lowest BCUT2D eigenvalue weighted by molar-refractivity contribution is -0.144. The predicted octanol–water partition coefficient (Wildman–Crippen LogP) is 2.73. The first-order valence-corrected chi connectivity index (χ1v) is 5.47. The highest BCUT2D eigenvalue weighted by Gasteiger charge is 2.26. The van der Waals surface area contributed by atoms with Crippen molar-refractivity contribution in [2.75, 3.05) is 0 Å². The molecule has 0 bridgehead atoms. The van der Waals surface area contributed by atoms with Gasteiger partial charge in [0, 0.05) is 5.02 Å². The number of hydrogen-bond donors (Lipinski definition) is 2. The van der Waals surface area contributed by atoms with E-state index in [1.807, 2.05) is 0 Å². The van der Waals surface area contributed by atoms with Gasteiger partial charge in [-0.2, -0.15) is 0 Å². The molecule has 1 aromatic rings. The summed E-state index contributed by atoms with van der Waals surface area (Å²) in [5.74, 6) is -1.88. The van der Waals surface area contributed by atoms with Gasteiger partial charge in [-0.25, -0.2) is 0 Å². The van der Waals surface area contributed by atoms with E-state index < -0.39 is 18.0 Å². The van der Waals surface area contributed by atoms with Crippen LogP contribution >= 0.6 is 11.6 Å². The van der Waals surface area contributed by atoms with Crippen LogP contribution in [0.25, 0.3) is 0 Å². The van der Waals surface area contributed by atoms with Gasteiger partial charge in [-0.05, 0) is 23.6 Å². The van der Waals surface area contributed by atoms with E-state index in [2.05, 4.69) is 0 Å². The van der Waals surface area contributed by atoms with Gasteiger partial charge in [0.15, 0.2) is 0 Å². The van der Waals surface area contributed by atoms with E-state index in [0.29, 0.717) is 10.6 Å². The van der Waals surface area contributed by atoms with Crippen molar-refractivity contribution in [1.82, 2.24) is 0 Å². The molecule has 0 heterocycles. The molecule has 0 radical (unpaired) electrons. The second-order valence-corrected chi connectivity index (χ2v) is 4.42. The zero-order valence-electron chi connectivity index (χ0n) is 9.22. The van der Waals surface area contributed by atoms with Crippen LogP contribution in [0.3, 0.4) is 0 Å². The Balaban J connectivity index is 2.85. The van der Waals surface area contributed by atoms with E-state index in [1.54, 1.807) is 38.1 Å². The van der Waals surface area contributed by atoms with Gasteiger partial charge < -0.3 is 10.2 Å². The van der Waals surface area contributed by atoms with E-state index in [1.165, 1.54) is 0 Å². The summed E-state index contributed by atoms with van der Waals surface area (Å²) in [7, 11) is 0. The number of aliphatic hydroxyl groups is 1. The van der Waals surface area contributed by atoms with Crippen LogP contribution in [0.2, 0.25) is 5.02 Å². The zero-order valence-corrected chi connectivity index (χ0v) is 9.98. The smallest absolute Gasteiger partial charge is 0.306 e. The number of aliphatic carboxylic acids is 1. The molecule has 16 heavy (non-hydrogen) atoms. The summed E-state index contributed by atoms with van der Waals surface area (Å²) in [4.78, 5) is 10.8. The molecule has 88 valence electrons. The molecule has 0 spiro atoms. The first-order chi connectivity index (χ1) is 7.43. The fraction of sp³-hybridized carbons (Fsp3) is 0.417. The van der Waals surface area contributed by atoms with Crippen LogP contribution in [-0.2, 0) is 4.79 Å². The maximum absolute atomic E-state index is 10.8. The van der Waals surface area contributed by atoms with Gasteiger partial charge in [-0.15, -0.1) is 0 Å². The van der Waals surface area contributed by atoms with Crippen molar-refractivity contribution < 1.29 is 15.0 Å². The Kier molecular flexibility index (Phi) is 4.33. The Hall–Kier alpha value is -1.06. The van der Waals surface area contributed by atoms with Crippen molar-refractivity contribution in [2.45, 2.75) is 20.0 Å². The molecule has 1 aromatic carbocycles. The molecule has 1 rings (SSSR count). The third kappa shape index (κ3) is 2.97. The maximum Gasteiger partial charge on any atom is 0.306 e. The summed E-state index contributed by atoms with van der Waals surface area (Å²) in [6.07, 6.45) is -0.815. The third-order valence-corrected chi connectivity index (χ3v) is 3.10. The summed E-state index contributed by atoms with van der Waals surface area (Å²) < 4.78 is 0. The number of carbonyl (C=O) groups is 1. The molecule has 0 saturated carbocycles. The van der Waals surface area contributed by atoms with Gasteiger partial charge in [0.1, 0.15) is 0 Å². The average Bonchev–Trinajstić information content (AvgIpc) is 2.26. The lowest BCUT2D eigenvalue weighted by atomic mass is 9.87. The van der Waals surface area contributed by atoms with Crippen LogP contribution in [0.15, 0.2) is 24.3 Å². The molecule has 0 aliphatic rings. The van der Waals surface area contributed by atoms with Gasteiger partial charge >= 0.3 is 5.97 Å². The van der Waals surface area contributed by atoms with Crippen LogP contribution < -0.4 is 0 Å². The van der Waals surface area contributed by atoms with Crippen LogP contribution in [0.5, 0.6) is 0 Å². The molecule has 3 atom stereocenters. The SMILES string of the molecule is CC(C(=O)O)C(C)C(O)c1cccc(Cl)c1. The maximum atomic E-state index is 10.8. The Morgan fingerprint density at radius 2 is 2.00 bits per heavy atom. The molecule has 0 amide bonds. The van der Waals surface area contributed by atoms with E-state index in [4.69, 9.17) is 16.7 Å². The fourth-order valence-electron chi connectivity index (χ4n) is 1.49. The second kappa shape index (κ2) is 5.32. The monoisotopic (exact) mass is 242 g/mol. The molecule has 0 saturated heterocycles. The van der Waals surface area contributed by atoms with Crippen molar-refractivity contribution in [3.8, 4) is 0 Å². The van der Waals surface area contributed by atoms with Crippen LogP contribution in [-0.4, -0.2) is 16.2 Å². The van der Waals surface area contributed by atoms with Crippen molar-refractivity contribution in [2.24, 2.45) is 11.8 Å². The normalized spacial score (nSPS) is 16.5. The van der Waals surface area contributed by atoms with E-state index >= 15 is 0 Å². The number of hydrogen-bond acceptors (Lipinski definition) is 2. The Morgan fingerprint density at radius 1 is 1.38 bits per heavy atom. The molecule has 3 nitrogen and oxygen atoms in total. The fourth-order valence-corrected chi connectivity index (χ4v) is 1.69. The molecular weight excluding hydrogens is 228 g/mol. The van der Waals surface area contributed by atoms with Crippen molar-refractivity contribution >= 4 is 17.6 Å². The van der Waals surface area contributed by atoms with Crippen molar-refractivity contribution in [3.63, 3.8) is 0 Å². The topological polar surface area (TPSA) is 57.5 Å². The molecule has 4 heteroatoms. The molecule has 3 unspecified atom stereocenters.